The van der Waals surface area contributed by atoms with Crippen LogP contribution in [-0.4, -0.2) is 10.4 Å². The Morgan fingerprint density at radius 3 is 2.46 bits per heavy atom. The highest BCUT2D eigenvalue weighted by molar-refractivity contribution is 14.1. The zero-order valence-electron chi connectivity index (χ0n) is 14.4. The Morgan fingerprint density at radius 1 is 0.962 bits per heavy atom. The van der Waals surface area contributed by atoms with Crippen molar-refractivity contribution in [3.63, 3.8) is 0 Å². The SMILES string of the molecule is CCn1c2ccccc2c2cc(/C=C/C(=O)c3ccc(I)cc3)ccc21. The monoisotopic (exact) mass is 451 g/mol. The Morgan fingerprint density at radius 2 is 1.69 bits per heavy atom. The topological polar surface area (TPSA) is 22.0 Å². The molecule has 0 aliphatic heterocycles. The van der Waals surface area contributed by atoms with E-state index in [0.717, 1.165) is 15.7 Å². The first-order valence-electron chi connectivity index (χ1n) is 8.66. The molecule has 0 unspecified atom stereocenters. The standard InChI is InChI=1S/C23H18INO/c1-2-25-21-6-4-3-5-19(21)20-15-16(7-13-22(20)25)8-14-23(26)17-9-11-18(24)12-10-17/h3-15H,2H2,1H3/b14-8+. The van der Waals surface area contributed by atoms with Gasteiger partial charge in [-0.05, 0) is 71.5 Å². The number of carbonyl (C=O) groups is 1. The van der Waals surface area contributed by atoms with E-state index in [1.807, 2.05) is 30.3 Å². The average Bonchev–Trinajstić information content (AvgIpc) is 2.99. The zero-order valence-corrected chi connectivity index (χ0v) is 16.6. The summed E-state index contributed by atoms with van der Waals surface area (Å²) < 4.78 is 3.45. The number of allylic oxidation sites excluding steroid dienone is 1. The Labute approximate surface area is 166 Å². The number of fused-ring (bicyclic) bond motifs is 3. The van der Waals surface area contributed by atoms with Crippen LogP contribution in [0.1, 0.15) is 22.8 Å². The molecule has 0 saturated carbocycles. The van der Waals surface area contributed by atoms with E-state index in [-0.39, 0.29) is 5.78 Å². The van der Waals surface area contributed by atoms with E-state index in [1.54, 1.807) is 6.08 Å². The van der Waals surface area contributed by atoms with Crippen molar-refractivity contribution in [2.75, 3.05) is 0 Å². The van der Waals surface area contributed by atoms with Gasteiger partial charge in [-0.15, -0.1) is 0 Å². The lowest BCUT2D eigenvalue weighted by Gasteiger charge is -2.02. The average molecular weight is 451 g/mol. The van der Waals surface area contributed by atoms with Gasteiger partial charge in [-0.1, -0.05) is 42.5 Å². The summed E-state index contributed by atoms with van der Waals surface area (Å²) in [6, 6.07) is 22.5. The van der Waals surface area contributed by atoms with Crippen molar-refractivity contribution in [1.29, 1.82) is 0 Å². The maximum Gasteiger partial charge on any atom is 0.185 e. The Hall–Kier alpha value is -2.40. The van der Waals surface area contributed by atoms with E-state index in [2.05, 4.69) is 76.5 Å². The molecule has 0 amide bonds. The third-order valence-electron chi connectivity index (χ3n) is 4.67. The van der Waals surface area contributed by atoms with Crippen molar-refractivity contribution >= 4 is 56.3 Å². The van der Waals surface area contributed by atoms with Gasteiger partial charge < -0.3 is 4.57 Å². The number of hydrogen-bond donors (Lipinski definition) is 0. The van der Waals surface area contributed by atoms with E-state index in [0.29, 0.717) is 5.56 Å². The molecule has 0 atom stereocenters. The summed E-state index contributed by atoms with van der Waals surface area (Å²) >= 11 is 2.24. The minimum Gasteiger partial charge on any atom is -0.341 e. The summed E-state index contributed by atoms with van der Waals surface area (Å²) in [5, 5.41) is 2.48. The normalized spacial score (nSPS) is 11.6. The number of ketones is 1. The number of rotatable bonds is 4. The van der Waals surface area contributed by atoms with Crippen molar-refractivity contribution in [2.45, 2.75) is 13.5 Å². The van der Waals surface area contributed by atoms with Crippen LogP contribution in [0.15, 0.2) is 72.8 Å². The second kappa shape index (κ2) is 7.08. The van der Waals surface area contributed by atoms with Gasteiger partial charge in [0, 0.05) is 37.5 Å². The van der Waals surface area contributed by atoms with E-state index in [4.69, 9.17) is 0 Å². The molecule has 0 saturated heterocycles. The highest BCUT2D eigenvalue weighted by Crippen LogP contribution is 2.30. The van der Waals surface area contributed by atoms with Crippen molar-refractivity contribution < 1.29 is 4.79 Å². The fourth-order valence-corrected chi connectivity index (χ4v) is 3.76. The number of benzene rings is 3. The summed E-state index contributed by atoms with van der Waals surface area (Å²) in [7, 11) is 0. The molecule has 1 aromatic heterocycles. The number of nitrogens with zero attached hydrogens (tertiary/aromatic N) is 1. The first kappa shape index (κ1) is 17.0. The predicted molar refractivity (Wildman–Crippen MR) is 118 cm³/mol. The molecule has 3 aromatic carbocycles. The fourth-order valence-electron chi connectivity index (χ4n) is 3.40. The highest BCUT2D eigenvalue weighted by atomic mass is 127. The van der Waals surface area contributed by atoms with Crippen LogP contribution in [0.25, 0.3) is 27.9 Å². The van der Waals surface area contributed by atoms with Gasteiger partial charge in [0.05, 0.1) is 0 Å². The van der Waals surface area contributed by atoms with Crippen molar-refractivity contribution in [2.24, 2.45) is 0 Å². The molecule has 0 N–H and O–H groups in total. The summed E-state index contributed by atoms with van der Waals surface area (Å²) in [6.07, 6.45) is 3.56. The molecule has 0 aliphatic carbocycles. The third-order valence-corrected chi connectivity index (χ3v) is 5.39. The molecular weight excluding hydrogens is 433 g/mol. The van der Waals surface area contributed by atoms with Gasteiger partial charge in [-0.3, -0.25) is 4.79 Å². The number of aryl methyl sites for hydroxylation is 1. The fraction of sp³-hybridized carbons (Fsp3) is 0.0870. The van der Waals surface area contributed by atoms with Gasteiger partial charge in [0.25, 0.3) is 0 Å². The van der Waals surface area contributed by atoms with Crippen LogP contribution in [0.4, 0.5) is 0 Å². The number of halogens is 1. The van der Waals surface area contributed by atoms with E-state index >= 15 is 0 Å². The van der Waals surface area contributed by atoms with Crippen LogP contribution in [0.2, 0.25) is 0 Å². The first-order chi connectivity index (χ1) is 12.7. The number of para-hydroxylation sites is 1. The Kier molecular flexibility index (Phi) is 4.64. The van der Waals surface area contributed by atoms with E-state index in [9.17, 15) is 4.79 Å². The molecule has 0 bridgehead atoms. The molecule has 3 heteroatoms. The largest absolute Gasteiger partial charge is 0.341 e. The summed E-state index contributed by atoms with van der Waals surface area (Å²) in [4.78, 5) is 12.4. The minimum atomic E-state index is 0.0254. The number of hydrogen-bond acceptors (Lipinski definition) is 1. The Bertz CT molecular complexity index is 1140. The molecule has 26 heavy (non-hydrogen) atoms. The predicted octanol–water partition coefficient (Wildman–Crippen LogP) is 6.32. The molecule has 0 aliphatic rings. The smallest absolute Gasteiger partial charge is 0.185 e. The lowest BCUT2D eigenvalue weighted by atomic mass is 10.1. The maximum atomic E-state index is 12.4. The Balaban J connectivity index is 1.72. The lowest BCUT2D eigenvalue weighted by Crippen LogP contribution is -1.94. The van der Waals surface area contributed by atoms with E-state index in [1.165, 1.54) is 21.8 Å². The van der Waals surface area contributed by atoms with Crippen LogP contribution in [-0.2, 0) is 6.54 Å². The number of carbonyl (C=O) groups excluding carboxylic acids is 1. The van der Waals surface area contributed by atoms with Gasteiger partial charge in [0.1, 0.15) is 0 Å². The van der Waals surface area contributed by atoms with E-state index < -0.39 is 0 Å². The van der Waals surface area contributed by atoms with Gasteiger partial charge in [-0.25, -0.2) is 0 Å². The maximum absolute atomic E-state index is 12.4. The van der Waals surface area contributed by atoms with Crippen molar-refractivity contribution in [3.05, 3.63) is 87.5 Å². The molecule has 2 nitrogen and oxygen atoms in total. The molecule has 128 valence electrons. The van der Waals surface area contributed by atoms with Gasteiger partial charge in [0.15, 0.2) is 5.78 Å². The lowest BCUT2D eigenvalue weighted by molar-refractivity contribution is 0.104. The van der Waals surface area contributed by atoms with Crippen LogP contribution in [0.5, 0.6) is 0 Å². The van der Waals surface area contributed by atoms with Gasteiger partial charge in [-0.2, -0.15) is 0 Å². The molecule has 1 heterocycles. The first-order valence-corrected chi connectivity index (χ1v) is 9.74. The molecule has 4 rings (SSSR count). The van der Waals surface area contributed by atoms with Gasteiger partial charge in [0.2, 0.25) is 0 Å². The second-order valence-electron chi connectivity index (χ2n) is 6.24. The quantitative estimate of drug-likeness (QED) is 0.202. The molecule has 4 aromatic rings. The molecular formula is C23H18INO. The minimum absolute atomic E-state index is 0.0254. The summed E-state index contributed by atoms with van der Waals surface area (Å²) in [5.74, 6) is 0.0254. The zero-order chi connectivity index (χ0) is 18.1. The summed E-state index contributed by atoms with van der Waals surface area (Å²) in [6.45, 7) is 3.10. The number of aromatic nitrogens is 1. The highest BCUT2D eigenvalue weighted by Gasteiger charge is 2.09. The molecule has 0 radical (unpaired) electrons. The van der Waals surface area contributed by atoms with Crippen LogP contribution >= 0.6 is 22.6 Å². The summed E-state index contributed by atoms with van der Waals surface area (Å²) in [5.41, 5.74) is 4.23. The van der Waals surface area contributed by atoms with Crippen LogP contribution < -0.4 is 0 Å². The molecule has 0 fully saturated rings. The van der Waals surface area contributed by atoms with Crippen molar-refractivity contribution in [3.8, 4) is 0 Å². The van der Waals surface area contributed by atoms with Crippen molar-refractivity contribution in [1.82, 2.24) is 4.57 Å². The molecule has 0 spiro atoms. The van der Waals surface area contributed by atoms with Crippen LogP contribution in [0.3, 0.4) is 0 Å². The third kappa shape index (κ3) is 3.07. The second-order valence-corrected chi connectivity index (χ2v) is 7.49. The van der Waals surface area contributed by atoms with Gasteiger partial charge >= 0.3 is 0 Å². The van der Waals surface area contributed by atoms with Crippen LogP contribution in [0, 0.1) is 3.57 Å².